The molecule has 0 spiro atoms. The van der Waals surface area contributed by atoms with Crippen molar-refractivity contribution in [1.29, 1.82) is 0 Å². The lowest BCUT2D eigenvalue weighted by Crippen LogP contribution is -1.99. The predicted octanol–water partition coefficient (Wildman–Crippen LogP) is 2.15. The van der Waals surface area contributed by atoms with Crippen molar-refractivity contribution in [2.45, 2.75) is 6.92 Å². The topological polar surface area (TPSA) is 63.1 Å². The Bertz CT molecular complexity index is 521. The molecule has 0 atom stereocenters. The smallest absolute Gasteiger partial charge is 0.336 e. The Labute approximate surface area is 92.6 Å². The molecule has 1 aromatic carbocycles. The Morgan fingerprint density at radius 3 is 2.44 bits per heavy atom. The molecule has 1 aromatic heterocycles. The second-order valence-corrected chi connectivity index (χ2v) is 3.37. The van der Waals surface area contributed by atoms with E-state index >= 15 is 0 Å². The normalized spacial score (nSPS) is 10.1. The van der Waals surface area contributed by atoms with Crippen LogP contribution in [0.3, 0.4) is 0 Å². The summed E-state index contributed by atoms with van der Waals surface area (Å²) in [6.07, 6.45) is 3.26. The van der Waals surface area contributed by atoms with E-state index < -0.39 is 5.97 Å². The van der Waals surface area contributed by atoms with Crippen LogP contribution in [0.5, 0.6) is 0 Å². The lowest BCUT2D eigenvalue weighted by Gasteiger charge is -2.04. The summed E-state index contributed by atoms with van der Waals surface area (Å²) in [7, 11) is 0. The molecule has 0 radical (unpaired) electrons. The Morgan fingerprint density at radius 1 is 1.19 bits per heavy atom. The summed E-state index contributed by atoms with van der Waals surface area (Å²) in [4.78, 5) is 19.1. The van der Waals surface area contributed by atoms with E-state index in [-0.39, 0.29) is 5.56 Å². The predicted molar refractivity (Wildman–Crippen MR) is 59.2 cm³/mol. The maximum atomic E-state index is 11.0. The number of aromatic carboxylic acids is 1. The van der Waals surface area contributed by atoms with E-state index in [4.69, 9.17) is 5.11 Å². The van der Waals surface area contributed by atoms with Gasteiger partial charge < -0.3 is 5.11 Å². The van der Waals surface area contributed by atoms with Gasteiger partial charge in [0.25, 0.3) is 0 Å². The molecule has 80 valence electrons. The van der Waals surface area contributed by atoms with Crippen LogP contribution in [0.4, 0.5) is 0 Å². The Kier molecular flexibility index (Phi) is 2.64. The quantitative estimate of drug-likeness (QED) is 0.831. The summed E-state index contributed by atoms with van der Waals surface area (Å²) in [5.41, 5.74) is 1.61. The third-order valence-corrected chi connectivity index (χ3v) is 2.25. The van der Waals surface area contributed by atoms with Crippen LogP contribution in [-0.4, -0.2) is 21.0 Å². The molecule has 0 bridgehead atoms. The summed E-state index contributed by atoms with van der Waals surface area (Å²) in [6, 6.07) is 6.80. The van der Waals surface area contributed by atoms with Crippen molar-refractivity contribution in [2.24, 2.45) is 0 Å². The van der Waals surface area contributed by atoms with Crippen molar-refractivity contribution in [2.75, 3.05) is 0 Å². The van der Waals surface area contributed by atoms with Gasteiger partial charge in [-0.2, -0.15) is 0 Å². The van der Waals surface area contributed by atoms with Crippen molar-refractivity contribution in [3.8, 4) is 11.1 Å². The second-order valence-electron chi connectivity index (χ2n) is 3.37. The van der Waals surface area contributed by atoms with Gasteiger partial charge in [0, 0.05) is 18.0 Å². The summed E-state index contributed by atoms with van der Waals surface area (Å²) in [5.74, 6) is -0.285. The minimum atomic E-state index is -0.948. The first-order valence-corrected chi connectivity index (χ1v) is 4.80. The third kappa shape index (κ3) is 1.91. The first kappa shape index (κ1) is 10.3. The van der Waals surface area contributed by atoms with Gasteiger partial charge in [-0.05, 0) is 18.6 Å². The highest BCUT2D eigenvalue weighted by Gasteiger charge is 2.10. The highest BCUT2D eigenvalue weighted by Crippen LogP contribution is 2.22. The second kappa shape index (κ2) is 4.10. The monoisotopic (exact) mass is 214 g/mol. The maximum Gasteiger partial charge on any atom is 0.336 e. The summed E-state index contributed by atoms with van der Waals surface area (Å²) in [5, 5.41) is 9.04. The molecule has 4 heteroatoms. The zero-order valence-corrected chi connectivity index (χ0v) is 8.71. The van der Waals surface area contributed by atoms with E-state index in [0.717, 1.165) is 0 Å². The van der Waals surface area contributed by atoms with Gasteiger partial charge >= 0.3 is 5.97 Å². The van der Waals surface area contributed by atoms with Crippen LogP contribution in [0.15, 0.2) is 36.7 Å². The number of carbonyl (C=O) groups is 1. The lowest BCUT2D eigenvalue weighted by molar-refractivity contribution is 0.0698. The van der Waals surface area contributed by atoms with Gasteiger partial charge in [-0.25, -0.2) is 14.8 Å². The molecule has 0 aliphatic carbocycles. The first-order chi connectivity index (χ1) is 7.68. The number of aryl methyl sites for hydroxylation is 1. The number of carboxylic acids is 1. The van der Waals surface area contributed by atoms with Gasteiger partial charge in [0.2, 0.25) is 0 Å². The van der Waals surface area contributed by atoms with Crippen molar-refractivity contribution >= 4 is 5.97 Å². The number of aromatic nitrogens is 2. The molecule has 0 amide bonds. The third-order valence-electron chi connectivity index (χ3n) is 2.25. The summed E-state index contributed by atoms with van der Waals surface area (Å²) in [6.45, 7) is 1.78. The Hall–Kier alpha value is -2.23. The van der Waals surface area contributed by atoms with E-state index in [1.54, 1.807) is 43.6 Å². The fourth-order valence-corrected chi connectivity index (χ4v) is 1.45. The molecule has 4 nitrogen and oxygen atoms in total. The Balaban J connectivity index is 2.55. The average Bonchev–Trinajstić information content (AvgIpc) is 2.30. The largest absolute Gasteiger partial charge is 0.478 e. The minimum Gasteiger partial charge on any atom is -0.478 e. The van der Waals surface area contributed by atoms with Crippen molar-refractivity contribution < 1.29 is 9.90 Å². The van der Waals surface area contributed by atoms with Crippen molar-refractivity contribution in [3.05, 3.63) is 48.0 Å². The molecule has 2 rings (SSSR count). The van der Waals surface area contributed by atoms with Crippen LogP contribution < -0.4 is 0 Å². The molecule has 0 aliphatic rings. The standard InChI is InChI=1S/C12H10N2O2/c1-8-13-6-9(7-14-8)10-4-2-3-5-11(10)12(15)16/h2-7H,1H3,(H,15,16). The first-order valence-electron chi connectivity index (χ1n) is 4.80. The highest BCUT2D eigenvalue weighted by molar-refractivity contribution is 5.95. The van der Waals surface area contributed by atoms with Crippen LogP contribution in [0, 0.1) is 6.92 Å². The highest BCUT2D eigenvalue weighted by atomic mass is 16.4. The summed E-state index contributed by atoms with van der Waals surface area (Å²) >= 11 is 0. The number of hydrogen-bond acceptors (Lipinski definition) is 3. The molecular formula is C12H10N2O2. The fourth-order valence-electron chi connectivity index (χ4n) is 1.45. The molecule has 2 aromatic rings. The number of benzene rings is 1. The van der Waals surface area contributed by atoms with E-state index in [0.29, 0.717) is 17.0 Å². The zero-order valence-electron chi connectivity index (χ0n) is 8.71. The number of nitrogens with zero attached hydrogens (tertiary/aromatic N) is 2. The van der Waals surface area contributed by atoms with Crippen LogP contribution in [-0.2, 0) is 0 Å². The fraction of sp³-hybridized carbons (Fsp3) is 0.0833. The number of carboxylic acid groups (broad SMARTS) is 1. The van der Waals surface area contributed by atoms with E-state index in [1.165, 1.54) is 0 Å². The van der Waals surface area contributed by atoms with Gasteiger partial charge in [-0.15, -0.1) is 0 Å². The molecule has 0 saturated carbocycles. The van der Waals surface area contributed by atoms with E-state index in [1.807, 2.05) is 0 Å². The SMILES string of the molecule is Cc1ncc(-c2ccccc2C(=O)O)cn1. The van der Waals surface area contributed by atoms with Crippen LogP contribution >= 0.6 is 0 Å². The van der Waals surface area contributed by atoms with Crippen LogP contribution in [0.1, 0.15) is 16.2 Å². The average molecular weight is 214 g/mol. The molecule has 16 heavy (non-hydrogen) atoms. The van der Waals surface area contributed by atoms with Gasteiger partial charge in [0.1, 0.15) is 5.82 Å². The molecule has 0 fully saturated rings. The van der Waals surface area contributed by atoms with Gasteiger partial charge in [0.05, 0.1) is 5.56 Å². The molecule has 1 N–H and O–H groups in total. The van der Waals surface area contributed by atoms with E-state index in [2.05, 4.69) is 9.97 Å². The number of rotatable bonds is 2. The molecule has 1 heterocycles. The molecule has 0 unspecified atom stereocenters. The van der Waals surface area contributed by atoms with Crippen LogP contribution in [0.25, 0.3) is 11.1 Å². The van der Waals surface area contributed by atoms with Gasteiger partial charge in [-0.1, -0.05) is 18.2 Å². The maximum absolute atomic E-state index is 11.0. The zero-order chi connectivity index (χ0) is 11.5. The van der Waals surface area contributed by atoms with Gasteiger partial charge in [-0.3, -0.25) is 0 Å². The molecule has 0 aliphatic heterocycles. The minimum absolute atomic E-state index is 0.259. The number of hydrogen-bond donors (Lipinski definition) is 1. The van der Waals surface area contributed by atoms with E-state index in [9.17, 15) is 4.79 Å². The molecule has 0 saturated heterocycles. The van der Waals surface area contributed by atoms with Crippen molar-refractivity contribution in [1.82, 2.24) is 9.97 Å². The Morgan fingerprint density at radius 2 is 1.81 bits per heavy atom. The van der Waals surface area contributed by atoms with Crippen LogP contribution in [0.2, 0.25) is 0 Å². The lowest BCUT2D eigenvalue weighted by atomic mass is 10.0. The summed E-state index contributed by atoms with van der Waals surface area (Å²) < 4.78 is 0. The molecular weight excluding hydrogens is 204 g/mol. The van der Waals surface area contributed by atoms with Gasteiger partial charge in [0.15, 0.2) is 0 Å². The van der Waals surface area contributed by atoms with Crippen molar-refractivity contribution in [3.63, 3.8) is 0 Å².